The number of hydrogen-bond acceptors (Lipinski definition) is 5. The zero-order chi connectivity index (χ0) is 19.2. The van der Waals surface area contributed by atoms with Crippen molar-refractivity contribution < 1.29 is 9.53 Å². The second kappa shape index (κ2) is 8.77. The number of ether oxygens (including phenoxy) is 1. The molecular formula is C21H23N5O2. The van der Waals surface area contributed by atoms with E-state index in [2.05, 4.69) is 20.2 Å². The smallest absolute Gasteiger partial charge is 0.270 e. The molecule has 1 fully saturated rings. The van der Waals surface area contributed by atoms with Crippen molar-refractivity contribution in [2.24, 2.45) is 0 Å². The molecule has 2 aromatic heterocycles. The van der Waals surface area contributed by atoms with Gasteiger partial charge in [0.25, 0.3) is 5.91 Å². The molecule has 28 heavy (non-hydrogen) atoms. The van der Waals surface area contributed by atoms with Crippen LogP contribution in [0.15, 0.2) is 67.4 Å². The van der Waals surface area contributed by atoms with Gasteiger partial charge in [-0.15, -0.1) is 0 Å². The van der Waals surface area contributed by atoms with Crippen molar-refractivity contribution in [3.8, 4) is 5.69 Å². The van der Waals surface area contributed by atoms with Crippen LogP contribution >= 0.6 is 0 Å². The molecule has 144 valence electrons. The van der Waals surface area contributed by atoms with E-state index in [9.17, 15) is 4.79 Å². The third-order valence-electron chi connectivity index (χ3n) is 4.83. The van der Waals surface area contributed by atoms with Gasteiger partial charge in [0.2, 0.25) is 0 Å². The molecule has 1 amide bonds. The molecule has 0 radical (unpaired) electrons. The van der Waals surface area contributed by atoms with Gasteiger partial charge >= 0.3 is 0 Å². The summed E-state index contributed by atoms with van der Waals surface area (Å²) in [5.74, 6) is -0.191. The molecule has 1 aliphatic heterocycles. The Labute approximate surface area is 164 Å². The topological polar surface area (TPSA) is 72.3 Å². The average molecular weight is 377 g/mol. The zero-order valence-corrected chi connectivity index (χ0v) is 15.6. The van der Waals surface area contributed by atoms with Gasteiger partial charge in [-0.1, -0.05) is 30.3 Å². The highest BCUT2D eigenvalue weighted by Crippen LogP contribution is 2.16. The minimum absolute atomic E-state index is 0.120. The van der Waals surface area contributed by atoms with E-state index in [1.807, 2.05) is 47.2 Å². The van der Waals surface area contributed by atoms with E-state index in [4.69, 9.17) is 4.74 Å². The molecule has 1 N–H and O–H groups in total. The number of aromatic nitrogens is 3. The lowest BCUT2D eigenvalue weighted by molar-refractivity contribution is 0.0332. The summed E-state index contributed by atoms with van der Waals surface area (Å²) in [6.45, 7) is 3.93. The Hall–Kier alpha value is -3.03. The monoisotopic (exact) mass is 377 g/mol. The van der Waals surface area contributed by atoms with Crippen LogP contribution in [0.4, 0.5) is 0 Å². The summed E-state index contributed by atoms with van der Waals surface area (Å²) in [4.78, 5) is 23.6. The third-order valence-corrected chi connectivity index (χ3v) is 4.83. The molecule has 4 rings (SSSR count). The number of hydrogen-bond donors (Lipinski definition) is 1. The first kappa shape index (κ1) is 18.3. The molecule has 0 aliphatic carbocycles. The Kier molecular flexibility index (Phi) is 5.75. The van der Waals surface area contributed by atoms with Gasteiger partial charge < -0.3 is 14.6 Å². The number of carbonyl (C=O) groups is 1. The van der Waals surface area contributed by atoms with Crippen molar-refractivity contribution in [2.75, 3.05) is 32.8 Å². The number of imidazole rings is 1. The number of nitrogens with zero attached hydrogens (tertiary/aromatic N) is 4. The number of carbonyl (C=O) groups excluding carboxylic acids is 1. The minimum atomic E-state index is -0.191. The summed E-state index contributed by atoms with van der Waals surface area (Å²) in [6, 6.07) is 13.5. The van der Waals surface area contributed by atoms with Crippen LogP contribution in [0, 0.1) is 0 Å². The van der Waals surface area contributed by atoms with Gasteiger partial charge in [0.1, 0.15) is 5.69 Å². The largest absolute Gasteiger partial charge is 0.379 e. The van der Waals surface area contributed by atoms with Crippen LogP contribution in [-0.2, 0) is 4.74 Å². The second-order valence-electron chi connectivity index (χ2n) is 6.72. The van der Waals surface area contributed by atoms with Crippen LogP contribution in [0.2, 0.25) is 0 Å². The van der Waals surface area contributed by atoms with Gasteiger partial charge in [-0.2, -0.15) is 0 Å². The normalized spacial score (nSPS) is 15.9. The van der Waals surface area contributed by atoms with Crippen molar-refractivity contribution in [3.05, 3.63) is 78.6 Å². The standard InChI is InChI=1S/C21H23N5O2/c27-21(19-14-18(6-7-23-19)26-9-8-22-16-26)24-20(17-4-2-1-3-5-17)15-25-10-12-28-13-11-25/h1-9,14,16,20H,10-13,15H2,(H,24,27)/t20-/m0/s1. The molecule has 1 saturated heterocycles. The molecule has 0 bridgehead atoms. The maximum Gasteiger partial charge on any atom is 0.270 e. The quantitative estimate of drug-likeness (QED) is 0.712. The highest BCUT2D eigenvalue weighted by molar-refractivity contribution is 5.93. The lowest BCUT2D eigenvalue weighted by Crippen LogP contribution is -2.43. The third kappa shape index (κ3) is 4.44. The predicted molar refractivity (Wildman–Crippen MR) is 105 cm³/mol. The lowest BCUT2D eigenvalue weighted by atomic mass is 10.1. The molecule has 1 atom stereocenters. The van der Waals surface area contributed by atoms with Crippen LogP contribution in [-0.4, -0.2) is 58.2 Å². The first-order chi connectivity index (χ1) is 13.8. The Morgan fingerprint density at radius 1 is 1.14 bits per heavy atom. The molecule has 1 aliphatic rings. The first-order valence-electron chi connectivity index (χ1n) is 9.40. The van der Waals surface area contributed by atoms with Gasteiger partial charge in [0, 0.05) is 38.2 Å². The number of pyridine rings is 1. The number of rotatable bonds is 6. The van der Waals surface area contributed by atoms with E-state index in [0.717, 1.165) is 44.1 Å². The first-order valence-corrected chi connectivity index (χ1v) is 9.40. The second-order valence-corrected chi connectivity index (χ2v) is 6.72. The zero-order valence-electron chi connectivity index (χ0n) is 15.6. The Morgan fingerprint density at radius 3 is 2.71 bits per heavy atom. The van der Waals surface area contributed by atoms with E-state index < -0.39 is 0 Å². The summed E-state index contributed by atoms with van der Waals surface area (Å²) >= 11 is 0. The van der Waals surface area contributed by atoms with Crippen LogP contribution in [0.1, 0.15) is 22.1 Å². The van der Waals surface area contributed by atoms with Gasteiger partial charge in [-0.25, -0.2) is 4.98 Å². The van der Waals surface area contributed by atoms with Crippen molar-refractivity contribution >= 4 is 5.91 Å². The molecule has 3 aromatic rings. The highest BCUT2D eigenvalue weighted by Gasteiger charge is 2.21. The fourth-order valence-corrected chi connectivity index (χ4v) is 3.31. The SMILES string of the molecule is O=C(N[C@@H](CN1CCOCC1)c1ccccc1)c1cc(-n2ccnc2)ccn1. The number of morpholine rings is 1. The number of amides is 1. The summed E-state index contributed by atoms with van der Waals surface area (Å²) in [6.07, 6.45) is 6.88. The van der Waals surface area contributed by atoms with Gasteiger partial charge in [0.05, 0.1) is 31.3 Å². The minimum Gasteiger partial charge on any atom is -0.379 e. The van der Waals surface area contributed by atoms with Crippen LogP contribution in [0.5, 0.6) is 0 Å². The van der Waals surface area contributed by atoms with Crippen LogP contribution in [0.25, 0.3) is 5.69 Å². The Morgan fingerprint density at radius 2 is 1.96 bits per heavy atom. The van der Waals surface area contributed by atoms with E-state index in [1.54, 1.807) is 24.8 Å². The van der Waals surface area contributed by atoms with Crippen molar-refractivity contribution in [3.63, 3.8) is 0 Å². The van der Waals surface area contributed by atoms with Crippen molar-refractivity contribution in [1.82, 2.24) is 24.8 Å². The molecule has 0 unspecified atom stereocenters. The van der Waals surface area contributed by atoms with Gasteiger partial charge in [-0.3, -0.25) is 14.7 Å². The molecule has 0 saturated carbocycles. The number of nitrogens with one attached hydrogen (secondary N) is 1. The maximum atomic E-state index is 13.0. The van der Waals surface area contributed by atoms with Crippen molar-refractivity contribution in [2.45, 2.75) is 6.04 Å². The summed E-state index contributed by atoms with van der Waals surface area (Å²) < 4.78 is 7.29. The average Bonchev–Trinajstić information content (AvgIpc) is 3.30. The summed E-state index contributed by atoms with van der Waals surface area (Å²) in [7, 11) is 0. The molecule has 3 heterocycles. The highest BCUT2D eigenvalue weighted by atomic mass is 16.5. The summed E-state index contributed by atoms with van der Waals surface area (Å²) in [5, 5.41) is 3.16. The van der Waals surface area contributed by atoms with Gasteiger partial charge in [0.15, 0.2) is 0 Å². The fourth-order valence-electron chi connectivity index (χ4n) is 3.31. The Balaban J connectivity index is 1.52. The molecule has 7 heteroatoms. The van der Waals surface area contributed by atoms with E-state index >= 15 is 0 Å². The van der Waals surface area contributed by atoms with E-state index in [-0.39, 0.29) is 11.9 Å². The molecule has 7 nitrogen and oxygen atoms in total. The summed E-state index contributed by atoms with van der Waals surface area (Å²) in [5.41, 5.74) is 2.31. The molecular weight excluding hydrogens is 354 g/mol. The predicted octanol–water partition coefficient (Wildman–Crippen LogP) is 2.07. The fraction of sp³-hybridized carbons (Fsp3) is 0.286. The van der Waals surface area contributed by atoms with Gasteiger partial charge in [-0.05, 0) is 17.7 Å². The Bertz CT molecular complexity index is 892. The van der Waals surface area contributed by atoms with Crippen LogP contribution < -0.4 is 5.32 Å². The lowest BCUT2D eigenvalue weighted by Gasteiger charge is -2.31. The van der Waals surface area contributed by atoms with E-state index in [0.29, 0.717) is 5.69 Å². The maximum absolute atomic E-state index is 13.0. The molecule has 1 aromatic carbocycles. The van der Waals surface area contributed by atoms with Crippen molar-refractivity contribution in [1.29, 1.82) is 0 Å². The van der Waals surface area contributed by atoms with Crippen LogP contribution in [0.3, 0.4) is 0 Å². The van der Waals surface area contributed by atoms with E-state index in [1.165, 1.54) is 0 Å². The molecule has 0 spiro atoms. The number of benzene rings is 1.